The average Bonchev–Trinajstić information content (AvgIpc) is 2.16. The van der Waals surface area contributed by atoms with Crippen LogP contribution in [0, 0.1) is 11.3 Å². The molecule has 2 rings (SSSR count). The van der Waals surface area contributed by atoms with Gasteiger partial charge in [0, 0.05) is 12.3 Å². The van der Waals surface area contributed by atoms with Crippen molar-refractivity contribution < 1.29 is 9.59 Å². The lowest BCUT2D eigenvalue weighted by atomic mass is 9.81. The number of carbonyl (C=O) groups is 2. The Bertz CT molecular complexity index is 265. The largest absolute Gasteiger partial charge is 0.298 e. The summed E-state index contributed by atoms with van der Waals surface area (Å²) in [4.78, 5) is 22.8. The second-order valence-corrected chi connectivity index (χ2v) is 3.53. The summed E-state index contributed by atoms with van der Waals surface area (Å²) in [7, 11) is 0. The molecule has 0 aromatic carbocycles. The lowest BCUT2D eigenvalue weighted by Gasteiger charge is -2.19. The van der Waals surface area contributed by atoms with Gasteiger partial charge in [-0.25, -0.2) is 0 Å². The summed E-state index contributed by atoms with van der Waals surface area (Å²) < 4.78 is 0. The van der Waals surface area contributed by atoms with Gasteiger partial charge in [0.2, 0.25) is 0 Å². The van der Waals surface area contributed by atoms with Crippen molar-refractivity contribution in [2.24, 2.45) is 11.3 Å². The maximum Gasteiger partial charge on any atom is 0.153 e. The molecule has 1 saturated carbocycles. The van der Waals surface area contributed by atoms with Crippen molar-refractivity contribution in [3.05, 3.63) is 12.2 Å². The first kappa shape index (κ1) is 6.77. The first-order valence-corrected chi connectivity index (χ1v) is 3.90. The predicted molar refractivity (Wildman–Crippen MR) is 40.0 cm³/mol. The van der Waals surface area contributed by atoms with Gasteiger partial charge in [0.05, 0.1) is 0 Å². The lowest BCUT2D eigenvalue weighted by Crippen LogP contribution is -2.30. The average molecular weight is 150 g/mol. The number of hydrogen-bond donors (Lipinski definition) is 0. The molecule has 0 aliphatic heterocycles. The van der Waals surface area contributed by atoms with E-state index < -0.39 is 5.41 Å². The molecule has 2 nitrogen and oxygen atoms in total. The van der Waals surface area contributed by atoms with Crippen molar-refractivity contribution in [1.82, 2.24) is 0 Å². The smallest absolute Gasteiger partial charge is 0.153 e. The van der Waals surface area contributed by atoms with E-state index >= 15 is 0 Å². The first-order valence-electron chi connectivity index (χ1n) is 3.90. The van der Waals surface area contributed by atoms with E-state index in [1.165, 1.54) is 0 Å². The van der Waals surface area contributed by atoms with Gasteiger partial charge in [-0.2, -0.15) is 0 Å². The van der Waals surface area contributed by atoms with E-state index in [1.807, 2.05) is 6.08 Å². The normalized spacial score (nSPS) is 41.7. The van der Waals surface area contributed by atoms with Crippen LogP contribution in [0.1, 0.15) is 19.8 Å². The van der Waals surface area contributed by atoms with E-state index in [4.69, 9.17) is 0 Å². The van der Waals surface area contributed by atoms with Crippen LogP contribution in [0.2, 0.25) is 0 Å². The van der Waals surface area contributed by atoms with Gasteiger partial charge in [-0.1, -0.05) is 12.2 Å². The molecule has 0 aromatic heterocycles. The summed E-state index contributed by atoms with van der Waals surface area (Å²) in [6, 6.07) is 0. The zero-order valence-corrected chi connectivity index (χ0v) is 6.46. The van der Waals surface area contributed by atoms with Crippen molar-refractivity contribution in [3.8, 4) is 0 Å². The minimum Gasteiger partial charge on any atom is -0.298 e. The molecule has 0 N–H and O–H groups in total. The Labute approximate surface area is 65.3 Å². The molecule has 0 aromatic rings. The maximum absolute atomic E-state index is 11.4. The Morgan fingerprint density at radius 2 is 2.27 bits per heavy atom. The van der Waals surface area contributed by atoms with Crippen LogP contribution in [-0.2, 0) is 9.59 Å². The van der Waals surface area contributed by atoms with Crippen LogP contribution >= 0.6 is 0 Å². The Morgan fingerprint density at radius 1 is 1.55 bits per heavy atom. The van der Waals surface area contributed by atoms with Crippen LogP contribution < -0.4 is 0 Å². The van der Waals surface area contributed by atoms with Crippen LogP contribution in [0.3, 0.4) is 0 Å². The Balaban J connectivity index is 2.53. The predicted octanol–water partition coefficient (Wildman–Crippen LogP) is 1.11. The summed E-state index contributed by atoms with van der Waals surface area (Å²) in [6.45, 7) is 1.73. The molecule has 2 bridgehead atoms. The van der Waals surface area contributed by atoms with Gasteiger partial charge in [0.25, 0.3) is 0 Å². The van der Waals surface area contributed by atoms with E-state index in [0.29, 0.717) is 6.42 Å². The summed E-state index contributed by atoms with van der Waals surface area (Å²) >= 11 is 0. The van der Waals surface area contributed by atoms with Gasteiger partial charge in [-0.05, 0) is 13.3 Å². The van der Waals surface area contributed by atoms with E-state index in [9.17, 15) is 9.59 Å². The van der Waals surface area contributed by atoms with Gasteiger partial charge >= 0.3 is 0 Å². The third-order valence-corrected chi connectivity index (χ3v) is 2.77. The second-order valence-electron chi connectivity index (χ2n) is 3.53. The Hall–Kier alpha value is -0.920. The van der Waals surface area contributed by atoms with Crippen LogP contribution in [0.5, 0.6) is 0 Å². The molecule has 2 heteroatoms. The molecule has 58 valence electrons. The molecule has 1 fully saturated rings. The molecule has 2 unspecified atom stereocenters. The fourth-order valence-corrected chi connectivity index (χ4v) is 1.92. The van der Waals surface area contributed by atoms with Gasteiger partial charge in [-0.15, -0.1) is 0 Å². The molecule has 0 radical (unpaired) electrons. The molecular formula is C9H10O2. The fourth-order valence-electron chi connectivity index (χ4n) is 1.92. The molecule has 2 aliphatic rings. The monoisotopic (exact) mass is 150 g/mol. The number of hydrogen-bond acceptors (Lipinski definition) is 2. The highest BCUT2D eigenvalue weighted by molar-refractivity contribution is 6.16. The van der Waals surface area contributed by atoms with Crippen molar-refractivity contribution in [1.29, 1.82) is 0 Å². The van der Waals surface area contributed by atoms with Crippen LogP contribution in [0.4, 0.5) is 0 Å². The van der Waals surface area contributed by atoms with E-state index in [2.05, 4.69) is 0 Å². The van der Waals surface area contributed by atoms with Crippen LogP contribution in [0.25, 0.3) is 0 Å². The molecule has 2 aliphatic carbocycles. The highest BCUT2D eigenvalue weighted by Gasteiger charge is 2.50. The molecule has 0 heterocycles. The third-order valence-electron chi connectivity index (χ3n) is 2.77. The fraction of sp³-hybridized carbons (Fsp3) is 0.556. The molecule has 0 saturated heterocycles. The minimum atomic E-state index is -0.747. The Morgan fingerprint density at radius 3 is 2.82 bits per heavy atom. The molecule has 0 amide bonds. The van der Waals surface area contributed by atoms with Crippen molar-refractivity contribution in [2.75, 3.05) is 0 Å². The summed E-state index contributed by atoms with van der Waals surface area (Å²) in [5.41, 5.74) is -0.747. The van der Waals surface area contributed by atoms with Gasteiger partial charge < -0.3 is 0 Å². The second kappa shape index (κ2) is 1.81. The molecular weight excluding hydrogens is 140 g/mol. The first-order chi connectivity index (χ1) is 5.14. The van der Waals surface area contributed by atoms with Crippen molar-refractivity contribution in [3.63, 3.8) is 0 Å². The highest BCUT2D eigenvalue weighted by atomic mass is 16.2. The van der Waals surface area contributed by atoms with E-state index in [1.54, 1.807) is 13.0 Å². The van der Waals surface area contributed by atoms with Gasteiger partial charge in [0.15, 0.2) is 11.6 Å². The van der Waals surface area contributed by atoms with Crippen molar-refractivity contribution >= 4 is 11.6 Å². The molecule has 2 atom stereocenters. The number of ketones is 2. The molecule has 0 spiro atoms. The van der Waals surface area contributed by atoms with E-state index in [-0.39, 0.29) is 17.5 Å². The van der Waals surface area contributed by atoms with Gasteiger partial charge in [0.1, 0.15) is 5.41 Å². The zero-order valence-electron chi connectivity index (χ0n) is 6.46. The third kappa shape index (κ3) is 0.669. The summed E-state index contributed by atoms with van der Waals surface area (Å²) in [5, 5.41) is 0. The summed E-state index contributed by atoms with van der Waals surface area (Å²) in [5.74, 6) is 0.226. The zero-order chi connectivity index (χ0) is 8.06. The lowest BCUT2D eigenvalue weighted by molar-refractivity contribution is -0.132. The molecule has 11 heavy (non-hydrogen) atoms. The maximum atomic E-state index is 11.4. The van der Waals surface area contributed by atoms with Gasteiger partial charge in [-0.3, -0.25) is 9.59 Å². The number of rotatable bonds is 0. The highest BCUT2D eigenvalue weighted by Crippen LogP contribution is 2.41. The van der Waals surface area contributed by atoms with Crippen molar-refractivity contribution in [2.45, 2.75) is 19.8 Å². The minimum absolute atomic E-state index is 0.00231. The van der Waals surface area contributed by atoms with E-state index in [0.717, 1.165) is 6.42 Å². The Kier molecular flexibility index (Phi) is 1.12. The van der Waals surface area contributed by atoms with Crippen LogP contribution in [-0.4, -0.2) is 11.6 Å². The summed E-state index contributed by atoms with van der Waals surface area (Å²) in [6.07, 6.45) is 4.95. The topological polar surface area (TPSA) is 34.1 Å². The number of carbonyl (C=O) groups excluding carboxylic acids is 2. The number of allylic oxidation sites excluding steroid dienone is 2. The van der Waals surface area contributed by atoms with Crippen LogP contribution in [0.15, 0.2) is 12.2 Å². The SMILES string of the molecule is CC12C=CCC(CC1=O)C2=O. The number of Topliss-reactive ketones (excluding diaryl/α,β-unsaturated/α-hetero) is 2. The number of fused-ring (bicyclic) bond motifs is 2. The quantitative estimate of drug-likeness (QED) is 0.383. The standard InChI is InChI=1S/C9H10O2/c1-9-4-2-3-6(8(9)11)5-7(9)10/h2,4,6H,3,5H2,1H3.